The number of pyridine rings is 2. The van der Waals surface area contributed by atoms with Gasteiger partial charge in [-0.2, -0.15) is 0 Å². The Morgan fingerprint density at radius 3 is 2.36 bits per heavy atom. The fourth-order valence-electron chi connectivity index (χ4n) is 4.12. The topological polar surface area (TPSA) is 69.4 Å². The van der Waals surface area contributed by atoms with Gasteiger partial charge >= 0.3 is 0 Å². The lowest BCUT2D eigenvalue weighted by atomic mass is 10.1. The number of ether oxygens (including phenoxy) is 2. The van der Waals surface area contributed by atoms with Crippen LogP contribution in [0, 0.1) is 0 Å². The molecule has 0 unspecified atom stereocenters. The van der Waals surface area contributed by atoms with Gasteiger partial charge < -0.3 is 19.1 Å². The van der Waals surface area contributed by atoms with Crippen LogP contribution in [0.3, 0.4) is 0 Å². The van der Waals surface area contributed by atoms with E-state index in [4.69, 9.17) is 14.6 Å². The molecule has 33 heavy (non-hydrogen) atoms. The van der Waals surface area contributed by atoms with Gasteiger partial charge in [-0.05, 0) is 62.3 Å². The van der Waals surface area contributed by atoms with Crippen molar-refractivity contribution in [2.24, 2.45) is 7.05 Å². The van der Waals surface area contributed by atoms with Gasteiger partial charge in [0.05, 0.1) is 12.1 Å². The van der Waals surface area contributed by atoms with Crippen LogP contribution in [-0.4, -0.2) is 46.1 Å². The molecule has 0 amide bonds. The number of unbranched alkanes of at least 4 members (excludes halogenated alkanes) is 4. The average Bonchev–Trinajstić information content (AvgIpc) is 3.14. The van der Waals surface area contributed by atoms with Crippen LogP contribution in [0.4, 0.5) is 0 Å². The first-order chi connectivity index (χ1) is 16.3. The minimum absolute atomic E-state index is 0.274. The van der Waals surface area contributed by atoms with Crippen LogP contribution in [0.25, 0.3) is 32.9 Å². The number of rotatable bonds is 13. The predicted octanol–water partition coefficient (Wildman–Crippen LogP) is 5.52. The quantitative estimate of drug-likeness (QED) is 0.273. The molecule has 4 rings (SSSR count). The van der Waals surface area contributed by atoms with E-state index in [1.54, 1.807) is 0 Å². The van der Waals surface area contributed by atoms with Gasteiger partial charge in [-0.3, -0.25) is 4.98 Å². The summed E-state index contributed by atoms with van der Waals surface area (Å²) in [7, 11) is 2.09. The number of aliphatic hydroxyl groups is 1. The molecule has 3 aromatic heterocycles. The lowest BCUT2D eigenvalue weighted by Crippen LogP contribution is -2.01. The standard InChI is InChI=1S/C27H33N3O3/c1-30-25-12-13-28-20-24(25)23-10-8-21(18-26(23)30)22-9-11-27(29-19-22)33-17-7-3-6-16-32-15-5-2-4-14-31/h8-13,18-20,31H,2-7,14-17H2,1H3. The van der Waals surface area contributed by atoms with Gasteiger partial charge in [0.1, 0.15) is 0 Å². The molecule has 0 aliphatic rings. The SMILES string of the molecule is Cn1c2ccncc2c2ccc(-c3ccc(OCCCCCOCCCCCO)nc3)cc21. The third-order valence-electron chi connectivity index (χ3n) is 6.01. The summed E-state index contributed by atoms with van der Waals surface area (Å²) in [6.45, 7) is 2.52. The van der Waals surface area contributed by atoms with Gasteiger partial charge in [0.25, 0.3) is 0 Å². The van der Waals surface area contributed by atoms with E-state index in [-0.39, 0.29) is 6.61 Å². The second-order valence-electron chi connectivity index (χ2n) is 8.37. The number of aromatic nitrogens is 3. The van der Waals surface area contributed by atoms with Crippen molar-refractivity contribution in [2.45, 2.75) is 38.5 Å². The van der Waals surface area contributed by atoms with Crippen LogP contribution in [0.5, 0.6) is 5.88 Å². The molecular weight excluding hydrogens is 414 g/mol. The fourth-order valence-corrected chi connectivity index (χ4v) is 4.12. The van der Waals surface area contributed by atoms with E-state index < -0.39 is 0 Å². The molecule has 0 saturated heterocycles. The minimum Gasteiger partial charge on any atom is -0.478 e. The predicted molar refractivity (Wildman–Crippen MR) is 133 cm³/mol. The first-order valence-electron chi connectivity index (χ1n) is 11.9. The molecule has 4 aromatic rings. The third kappa shape index (κ3) is 5.89. The van der Waals surface area contributed by atoms with Crippen molar-refractivity contribution in [3.8, 4) is 17.0 Å². The van der Waals surface area contributed by atoms with Gasteiger partial charge in [-0.15, -0.1) is 0 Å². The number of benzene rings is 1. The van der Waals surface area contributed by atoms with Crippen LogP contribution in [0.15, 0.2) is 55.0 Å². The summed E-state index contributed by atoms with van der Waals surface area (Å²) in [5.74, 6) is 0.663. The van der Waals surface area contributed by atoms with Crippen LogP contribution in [-0.2, 0) is 11.8 Å². The molecule has 0 aliphatic carbocycles. The van der Waals surface area contributed by atoms with Crippen molar-refractivity contribution in [1.29, 1.82) is 0 Å². The summed E-state index contributed by atoms with van der Waals surface area (Å²) < 4.78 is 13.6. The van der Waals surface area contributed by atoms with E-state index in [1.807, 2.05) is 24.7 Å². The van der Waals surface area contributed by atoms with Gasteiger partial charge in [0, 0.05) is 73.4 Å². The number of aryl methyl sites for hydroxylation is 1. The summed E-state index contributed by atoms with van der Waals surface area (Å²) in [5.41, 5.74) is 4.58. The molecule has 0 fully saturated rings. The zero-order chi connectivity index (χ0) is 22.9. The van der Waals surface area contributed by atoms with Crippen molar-refractivity contribution in [2.75, 3.05) is 26.4 Å². The highest BCUT2D eigenvalue weighted by atomic mass is 16.5. The lowest BCUT2D eigenvalue weighted by molar-refractivity contribution is 0.123. The van der Waals surface area contributed by atoms with E-state index in [2.05, 4.69) is 51.9 Å². The van der Waals surface area contributed by atoms with Gasteiger partial charge in [-0.25, -0.2) is 4.98 Å². The van der Waals surface area contributed by atoms with Crippen molar-refractivity contribution < 1.29 is 14.6 Å². The minimum atomic E-state index is 0.274. The van der Waals surface area contributed by atoms with Crippen LogP contribution >= 0.6 is 0 Å². The Labute approximate surface area is 195 Å². The molecule has 0 atom stereocenters. The molecular formula is C27H33N3O3. The lowest BCUT2D eigenvalue weighted by Gasteiger charge is -2.08. The summed E-state index contributed by atoms with van der Waals surface area (Å²) in [6.07, 6.45) is 11.7. The number of fused-ring (bicyclic) bond motifs is 3. The van der Waals surface area contributed by atoms with Crippen LogP contribution < -0.4 is 4.74 Å². The molecule has 6 heteroatoms. The average molecular weight is 448 g/mol. The number of hydrogen-bond donors (Lipinski definition) is 1. The molecule has 1 N–H and O–H groups in total. The Balaban J connectivity index is 1.24. The summed E-state index contributed by atoms with van der Waals surface area (Å²) >= 11 is 0. The van der Waals surface area contributed by atoms with Crippen molar-refractivity contribution in [3.63, 3.8) is 0 Å². The smallest absolute Gasteiger partial charge is 0.213 e. The Kier molecular flexibility index (Phi) is 8.28. The normalized spacial score (nSPS) is 11.5. The van der Waals surface area contributed by atoms with E-state index >= 15 is 0 Å². The van der Waals surface area contributed by atoms with Crippen molar-refractivity contribution in [1.82, 2.24) is 14.5 Å². The molecule has 0 bridgehead atoms. The third-order valence-corrected chi connectivity index (χ3v) is 6.01. The molecule has 6 nitrogen and oxygen atoms in total. The largest absolute Gasteiger partial charge is 0.478 e. The fraction of sp³-hybridized carbons (Fsp3) is 0.407. The van der Waals surface area contributed by atoms with E-state index in [0.29, 0.717) is 12.5 Å². The highest BCUT2D eigenvalue weighted by Crippen LogP contribution is 2.31. The van der Waals surface area contributed by atoms with Crippen molar-refractivity contribution in [3.05, 3.63) is 55.0 Å². The van der Waals surface area contributed by atoms with Crippen molar-refractivity contribution >= 4 is 21.8 Å². The summed E-state index contributed by atoms with van der Waals surface area (Å²) in [4.78, 5) is 8.78. The first kappa shape index (κ1) is 23.2. The second kappa shape index (κ2) is 11.8. The number of nitrogens with zero attached hydrogens (tertiary/aromatic N) is 3. The number of aliphatic hydroxyl groups excluding tert-OH is 1. The molecule has 0 radical (unpaired) electrons. The zero-order valence-electron chi connectivity index (χ0n) is 19.4. The maximum atomic E-state index is 8.74. The van der Waals surface area contributed by atoms with E-state index in [9.17, 15) is 0 Å². The van der Waals surface area contributed by atoms with Crippen LogP contribution in [0.2, 0.25) is 0 Å². The maximum absolute atomic E-state index is 8.74. The van der Waals surface area contributed by atoms with Gasteiger partial charge in [-0.1, -0.05) is 12.1 Å². The molecule has 0 saturated carbocycles. The first-order valence-corrected chi connectivity index (χ1v) is 11.9. The van der Waals surface area contributed by atoms with Gasteiger partial charge in [0.15, 0.2) is 0 Å². The molecule has 0 spiro atoms. The maximum Gasteiger partial charge on any atom is 0.213 e. The Morgan fingerprint density at radius 1 is 0.788 bits per heavy atom. The summed E-state index contributed by atoms with van der Waals surface area (Å²) in [6, 6.07) is 12.6. The monoisotopic (exact) mass is 447 g/mol. The zero-order valence-corrected chi connectivity index (χ0v) is 19.4. The number of hydrogen-bond acceptors (Lipinski definition) is 5. The molecule has 3 heterocycles. The molecule has 0 aliphatic heterocycles. The Bertz CT molecular complexity index is 1150. The van der Waals surface area contributed by atoms with E-state index in [1.165, 1.54) is 21.8 Å². The summed E-state index contributed by atoms with van der Waals surface area (Å²) in [5, 5.41) is 11.1. The highest BCUT2D eigenvalue weighted by Gasteiger charge is 2.09. The Hall–Kier alpha value is -2.96. The van der Waals surface area contributed by atoms with Crippen LogP contribution in [0.1, 0.15) is 38.5 Å². The highest BCUT2D eigenvalue weighted by molar-refractivity contribution is 6.08. The van der Waals surface area contributed by atoms with E-state index in [0.717, 1.165) is 62.9 Å². The second-order valence-corrected chi connectivity index (χ2v) is 8.37. The Morgan fingerprint density at radius 2 is 1.58 bits per heavy atom. The molecule has 174 valence electrons. The van der Waals surface area contributed by atoms with Gasteiger partial charge in [0.2, 0.25) is 5.88 Å². The molecule has 1 aromatic carbocycles.